The van der Waals surface area contributed by atoms with Crippen LogP contribution in [0.15, 0.2) is 24.3 Å². The molecular weight excluding hydrogens is 246 g/mol. The quantitative estimate of drug-likeness (QED) is 0.856. The highest BCUT2D eigenvalue weighted by molar-refractivity contribution is 5.97. The lowest BCUT2D eigenvalue weighted by atomic mass is 10.2. The number of urea groups is 1. The van der Waals surface area contributed by atoms with E-state index in [4.69, 9.17) is 10.4 Å². The van der Waals surface area contributed by atoms with Crippen LogP contribution in [0.5, 0.6) is 0 Å². The van der Waals surface area contributed by atoms with E-state index >= 15 is 0 Å². The van der Waals surface area contributed by atoms with E-state index in [0.29, 0.717) is 24.1 Å². The molecular formula is C13H13N3O3. The molecule has 1 aliphatic rings. The number of nitrogens with zero attached hydrogens (tertiary/aromatic N) is 2. The first kappa shape index (κ1) is 12.9. The minimum atomic E-state index is -1.13. The number of carbonyl (C=O) groups excluding carboxylic acids is 1. The topological polar surface area (TPSA) is 93.4 Å². The Morgan fingerprint density at radius 1 is 1.42 bits per heavy atom. The Bertz CT molecular complexity index is 573. The van der Waals surface area contributed by atoms with Gasteiger partial charge in [0.1, 0.15) is 11.6 Å². The molecule has 0 radical (unpaired) electrons. The average Bonchev–Trinajstić information content (AvgIpc) is 3.18. The molecule has 0 saturated heterocycles. The molecule has 0 aliphatic heterocycles. The largest absolute Gasteiger partial charge is 0.480 e. The van der Waals surface area contributed by atoms with Crippen molar-refractivity contribution in [3.8, 4) is 6.07 Å². The number of hydrogen-bond acceptors (Lipinski definition) is 3. The zero-order chi connectivity index (χ0) is 14.0. The van der Waals surface area contributed by atoms with E-state index in [1.807, 2.05) is 6.07 Å². The van der Waals surface area contributed by atoms with Crippen molar-refractivity contribution in [3.05, 3.63) is 29.8 Å². The van der Waals surface area contributed by atoms with Crippen molar-refractivity contribution < 1.29 is 14.7 Å². The summed E-state index contributed by atoms with van der Waals surface area (Å²) in [6.07, 6.45) is 0.865. The van der Waals surface area contributed by atoms with Gasteiger partial charge in [0, 0.05) is 7.05 Å². The van der Waals surface area contributed by atoms with Gasteiger partial charge in [-0.05, 0) is 25.0 Å². The fraction of sp³-hybridized carbons (Fsp3) is 0.308. The molecule has 2 amide bonds. The number of benzene rings is 1. The van der Waals surface area contributed by atoms with E-state index in [9.17, 15) is 9.59 Å². The standard InChI is InChI=1S/C13H13N3O3/c1-16(10-5-3-2-4-9(10)8-14)12(19)15-13(6-7-13)11(17)18/h2-5H,6-7H2,1H3,(H,15,19)(H,17,18). The zero-order valence-electron chi connectivity index (χ0n) is 10.4. The van der Waals surface area contributed by atoms with Gasteiger partial charge in [0.2, 0.25) is 0 Å². The maximum absolute atomic E-state index is 12.0. The van der Waals surface area contributed by atoms with Crippen LogP contribution >= 0.6 is 0 Å². The summed E-state index contributed by atoms with van der Waals surface area (Å²) in [7, 11) is 1.50. The molecule has 2 N–H and O–H groups in total. The number of carboxylic acid groups (broad SMARTS) is 1. The second-order valence-electron chi connectivity index (χ2n) is 4.51. The van der Waals surface area contributed by atoms with E-state index in [1.54, 1.807) is 24.3 Å². The van der Waals surface area contributed by atoms with E-state index < -0.39 is 17.5 Å². The first-order valence-electron chi connectivity index (χ1n) is 5.78. The van der Waals surface area contributed by atoms with E-state index in [1.165, 1.54) is 11.9 Å². The number of anilines is 1. The molecule has 1 saturated carbocycles. The number of aliphatic carboxylic acids is 1. The summed E-state index contributed by atoms with van der Waals surface area (Å²) >= 11 is 0. The molecule has 98 valence electrons. The first-order valence-corrected chi connectivity index (χ1v) is 5.78. The molecule has 0 heterocycles. The predicted octanol–water partition coefficient (Wildman–Crippen LogP) is 1.32. The molecule has 6 nitrogen and oxygen atoms in total. The van der Waals surface area contributed by atoms with Crippen molar-refractivity contribution in [2.45, 2.75) is 18.4 Å². The highest BCUT2D eigenvalue weighted by atomic mass is 16.4. The third-order valence-electron chi connectivity index (χ3n) is 3.20. The molecule has 19 heavy (non-hydrogen) atoms. The Hall–Kier alpha value is -2.55. The normalized spacial score (nSPS) is 15.2. The zero-order valence-corrected chi connectivity index (χ0v) is 10.4. The van der Waals surface area contributed by atoms with Gasteiger partial charge in [0.15, 0.2) is 0 Å². The SMILES string of the molecule is CN(C(=O)NC1(C(=O)O)CC1)c1ccccc1C#N. The number of hydrogen-bond donors (Lipinski definition) is 2. The first-order chi connectivity index (χ1) is 9.00. The molecule has 2 rings (SSSR count). The van der Waals surface area contributed by atoms with Gasteiger partial charge in [-0.15, -0.1) is 0 Å². The van der Waals surface area contributed by atoms with Crippen molar-refractivity contribution in [2.75, 3.05) is 11.9 Å². The number of carbonyl (C=O) groups is 2. The summed E-state index contributed by atoms with van der Waals surface area (Å²) in [4.78, 5) is 24.3. The van der Waals surface area contributed by atoms with Crippen molar-refractivity contribution in [2.24, 2.45) is 0 Å². The van der Waals surface area contributed by atoms with Crippen LogP contribution in [0.3, 0.4) is 0 Å². The lowest BCUT2D eigenvalue weighted by Gasteiger charge is -2.21. The third-order valence-corrected chi connectivity index (χ3v) is 3.20. The van der Waals surface area contributed by atoms with Crippen LogP contribution in [-0.4, -0.2) is 29.7 Å². The number of nitrogens with one attached hydrogen (secondary N) is 1. The van der Waals surface area contributed by atoms with Crippen molar-refractivity contribution >= 4 is 17.7 Å². The van der Waals surface area contributed by atoms with Crippen LogP contribution in [0.25, 0.3) is 0 Å². The van der Waals surface area contributed by atoms with Crippen LogP contribution in [0.1, 0.15) is 18.4 Å². The Morgan fingerprint density at radius 2 is 2.05 bits per heavy atom. The molecule has 0 atom stereocenters. The second kappa shape index (κ2) is 4.61. The number of nitriles is 1. The summed E-state index contributed by atoms with van der Waals surface area (Å²) in [6.45, 7) is 0. The lowest BCUT2D eigenvalue weighted by Crippen LogP contribution is -2.48. The van der Waals surface area contributed by atoms with E-state index in [2.05, 4.69) is 5.32 Å². The van der Waals surface area contributed by atoms with Crippen LogP contribution < -0.4 is 10.2 Å². The summed E-state index contributed by atoms with van der Waals surface area (Å²) in [6, 6.07) is 8.12. The molecule has 0 bridgehead atoms. The monoisotopic (exact) mass is 259 g/mol. The molecule has 0 aromatic heterocycles. The maximum Gasteiger partial charge on any atom is 0.329 e. The van der Waals surface area contributed by atoms with Crippen LogP contribution in [-0.2, 0) is 4.79 Å². The highest BCUT2D eigenvalue weighted by Crippen LogP contribution is 2.35. The van der Waals surface area contributed by atoms with Gasteiger partial charge in [-0.1, -0.05) is 12.1 Å². The minimum absolute atomic E-state index is 0.361. The molecule has 1 aromatic rings. The molecule has 1 aliphatic carbocycles. The molecule has 6 heteroatoms. The van der Waals surface area contributed by atoms with Crippen molar-refractivity contribution in [1.29, 1.82) is 5.26 Å². The third kappa shape index (κ3) is 2.36. The van der Waals surface area contributed by atoms with Crippen molar-refractivity contribution in [1.82, 2.24) is 5.32 Å². The fourth-order valence-corrected chi connectivity index (χ4v) is 1.78. The van der Waals surface area contributed by atoms with Gasteiger partial charge in [-0.3, -0.25) is 4.90 Å². The Labute approximate surface area is 110 Å². The molecule has 0 unspecified atom stereocenters. The Kier molecular flexibility index (Phi) is 3.13. The van der Waals surface area contributed by atoms with Crippen LogP contribution in [0.4, 0.5) is 10.5 Å². The van der Waals surface area contributed by atoms with Crippen molar-refractivity contribution in [3.63, 3.8) is 0 Å². The average molecular weight is 259 g/mol. The molecule has 1 fully saturated rings. The van der Waals surface area contributed by atoms with Crippen LogP contribution in [0.2, 0.25) is 0 Å². The van der Waals surface area contributed by atoms with E-state index in [-0.39, 0.29) is 0 Å². The maximum atomic E-state index is 12.0. The van der Waals surface area contributed by atoms with Crippen LogP contribution in [0, 0.1) is 11.3 Å². The second-order valence-corrected chi connectivity index (χ2v) is 4.51. The highest BCUT2D eigenvalue weighted by Gasteiger charge is 2.52. The van der Waals surface area contributed by atoms with Gasteiger partial charge < -0.3 is 10.4 Å². The lowest BCUT2D eigenvalue weighted by molar-refractivity contribution is -0.140. The number of amides is 2. The fourth-order valence-electron chi connectivity index (χ4n) is 1.78. The number of para-hydroxylation sites is 1. The minimum Gasteiger partial charge on any atom is -0.480 e. The van der Waals surface area contributed by atoms with E-state index in [0.717, 1.165) is 0 Å². The Morgan fingerprint density at radius 3 is 2.58 bits per heavy atom. The number of carboxylic acids is 1. The summed E-state index contributed by atoms with van der Waals surface area (Å²) in [5.41, 5.74) is -0.323. The Balaban J connectivity index is 2.16. The smallest absolute Gasteiger partial charge is 0.329 e. The van der Waals surface area contributed by atoms with Gasteiger partial charge in [0.25, 0.3) is 0 Å². The van der Waals surface area contributed by atoms with Gasteiger partial charge in [-0.2, -0.15) is 5.26 Å². The number of rotatable bonds is 3. The summed E-state index contributed by atoms with van der Waals surface area (Å²) < 4.78 is 0. The van der Waals surface area contributed by atoms with Gasteiger partial charge in [-0.25, -0.2) is 9.59 Å². The molecule has 1 aromatic carbocycles. The van der Waals surface area contributed by atoms with Gasteiger partial charge in [0.05, 0.1) is 11.3 Å². The summed E-state index contributed by atoms with van der Waals surface area (Å²) in [5, 5.41) is 20.5. The van der Waals surface area contributed by atoms with Gasteiger partial charge >= 0.3 is 12.0 Å². The predicted molar refractivity (Wildman–Crippen MR) is 67.7 cm³/mol. The summed E-state index contributed by atoms with van der Waals surface area (Å²) in [5.74, 6) is -1.03. The molecule has 0 spiro atoms.